The molecule has 0 unspecified atom stereocenters. The van der Waals surface area contributed by atoms with Crippen LogP contribution in [-0.4, -0.2) is 30.0 Å². The third-order valence-corrected chi connectivity index (χ3v) is 5.51. The summed E-state index contributed by atoms with van der Waals surface area (Å²) in [6.07, 6.45) is 0.0555. The zero-order valence-electron chi connectivity index (χ0n) is 15.0. The molecule has 0 saturated carbocycles. The van der Waals surface area contributed by atoms with Gasteiger partial charge in [-0.15, -0.1) is 0 Å². The summed E-state index contributed by atoms with van der Waals surface area (Å²) in [6, 6.07) is 6.38. The standard InChI is InChI=1S/C18H17F3N4O2S/c1-22-28(26,27)14-8-15(17-10-25(2)11-24-17)16(23-9-14)7-12-4-3-5-13(6-12)18(19,20)21/h3-6,8-11,22H,7H2,1-2H3. The summed E-state index contributed by atoms with van der Waals surface area (Å²) < 4.78 is 67.0. The Kier molecular flexibility index (Phi) is 5.26. The molecule has 0 aliphatic rings. The number of sulfonamides is 1. The number of aryl methyl sites for hydroxylation is 1. The average Bonchev–Trinajstić information content (AvgIpc) is 3.07. The second kappa shape index (κ2) is 7.36. The van der Waals surface area contributed by atoms with Crippen LogP contribution in [0.4, 0.5) is 13.2 Å². The first-order valence-electron chi connectivity index (χ1n) is 8.17. The molecule has 1 aromatic carbocycles. The zero-order chi connectivity index (χ0) is 20.5. The van der Waals surface area contributed by atoms with Gasteiger partial charge in [-0.3, -0.25) is 4.98 Å². The molecule has 0 saturated heterocycles. The van der Waals surface area contributed by atoms with E-state index in [4.69, 9.17) is 0 Å². The first kappa shape index (κ1) is 20.0. The number of halogens is 3. The molecule has 0 amide bonds. The van der Waals surface area contributed by atoms with Gasteiger partial charge in [0.1, 0.15) is 4.90 Å². The maximum absolute atomic E-state index is 13.0. The Morgan fingerprint density at radius 1 is 1.18 bits per heavy atom. The van der Waals surface area contributed by atoms with E-state index in [1.54, 1.807) is 30.2 Å². The number of hydrogen-bond donors (Lipinski definition) is 1. The molecule has 0 radical (unpaired) electrons. The van der Waals surface area contributed by atoms with E-state index in [-0.39, 0.29) is 11.3 Å². The van der Waals surface area contributed by atoms with Crippen molar-refractivity contribution in [1.29, 1.82) is 0 Å². The van der Waals surface area contributed by atoms with Gasteiger partial charge in [0.25, 0.3) is 0 Å². The van der Waals surface area contributed by atoms with Crippen molar-refractivity contribution in [3.8, 4) is 11.3 Å². The normalized spacial score (nSPS) is 12.3. The topological polar surface area (TPSA) is 76.9 Å². The molecular formula is C18H17F3N4O2S. The summed E-state index contributed by atoms with van der Waals surface area (Å²) in [5.74, 6) is 0. The highest BCUT2D eigenvalue weighted by Crippen LogP contribution is 2.31. The molecule has 0 atom stereocenters. The number of aromatic nitrogens is 3. The van der Waals surface area contributed by atoms with E-state index in [1.807, 2.05) is 0 Å². The van der Waals surface area contributed by atoms with Gasteiger partial charge < -0.3 is 4.57 Å². The van der Waals surface area contributed by atoms with Crippen molar-refractivity contribution in [1.82, 2.24) is 19.3 Å². The molecule has 148 valence electrons. The van der Waals surface area contributed by atoms with Crippen molar-refractivity contribution >= 4 is 10.0 Å². The Bertz CT molecular complexity index is 1110. The van der Waals surface area contributed by atoms with Gasteiger partial charge in [0.05, 0.1) is 23.3 Å². The zero-order valence-corrected chi connectivity index (χ0v) is 15.8. The Balaban J connectivity index is 2.08. The smallest absolute Gasteiger partial charge is 0.340 e. The molecule has 0 aliphatic heterocycles. The van der Waals surface area contributed by atoms with Crippen LogP contribution in [-0.2, 0) is 29.7 Å². The van der Waals surface area contributed by atoms with Crippen LogP contribution in [0.25, 0.3) is 11.3 Å². The fourth-order valence-electron chi connectivity index (χ4n) is 2.70. The van der Waals surface area contributed by atoms with Gasteiger partial charge in [0, 0.05) is 31.4 Å². The third-order valence-electron chi connectivity index (χ3n) is 4.13. The molecule has 0 spiro atoms. The summed E-state index contributed by atoms with van der Waals surface area (Å²) in [6.45, 7) is 0. The lowest BCUT2D eigenvalue weighted by Crippen LogP contribution is -2.19. The Hall–Kier alpha value is -2.72. The largest absolute Gasteiger partial charge is 0.416 e. The van der Waals surface area contributed by atoms with Gasteiger partial charge in [0.15, 0.2) is 0 Å². The molecule has 28 heavy (non-hydrogen) atoms. The van der Waals surface area contributed by atoms with Crippen molar-refractivity contribution in [3.05, 3.63) is 65.9 Å². The van der Waals surface area contributed by atoms with Crippen molar-refractivity contribution in [3.63, 3.8) is 0 Å². The van der Waals surface area contributed by atoms with Crippen LogP contribution < -0.4 is 4.72 Å². The lowest BCUT2D eigenvalue weighted by Gasteiger charge is -2.12. The van der Waals surface area contributed by atoms with Crippen LogP contribution in [0.15, 0.2) is 53.9 Å². The quantitative estimate of drug-likeness (QED) is 0.702. The third kappa shape index (κ3) is 4.23. The summed E-state index contributed by atoms with van der Waals surface area (Å²) in [5.41, 5.74) is 0.995. The number of benzene rings is 1. The van der Waals surface area contributed by atoms with Crippen molar-refractivity contribution < 1.29 is 21.6 Å². The molecule has 2 heterocycles. The molecule has 0 fully saturated rings. The highest BCUT2D eigenvalue weighted by atomic mass is 32.2. The van der Waals surface area contributed by atoms with Gasteiger partial charge >= 0.3 is 6.18 Å². The van der Waals surface area contributed by atoms with E-state index in [0.717, 1.165) is 12.1 Å². The summed E-state index contributed by atoms with van der Waals surface area (Å²) in [5, 5.41) is 0. The Morgan fingerprint density at radius 3 is 2.54 bits per heavy atom. The van der Waals surface area contributed by atoms with Gasteiger partial charge in [-0.25, -0.2) is 18.1 Å². The predicted molar refractivity (Wildman–Crippen MR) is 96.9 cm³/mol. The minimum Gasteiger partial charge on any atom is -0.340 e. The van der Waals surface area contributed by atoms with Crippen molar-refractivity contribution in [2.45, 2.75) is 17.5 Å². The van der Waals surface area contributed by atoms with Crippen LogP contribution >= 0.6 is 0 Å². The number of nitrogens with zero attached hydrogens (tertiary/aromatic N) is 3. The molecule has 0 aliphatic carbocycles. The van der Waals surface area contributed by atoms with E-state index >= 15 is 0 Å². The summed E-state index contributed by atoms with van der Waals surface area (Å²) in [4.78, 5) is 8.39. The predicted octanol–water partition coefficient (Wildman–Crippen LogP) is 3.00. The van der Waals surface area contributed by atoms with E-state index in [1.165, 1.54) is 25.4 Å². The maximum atomic E-state index is 13.0. The number of rotatable bonds is 5. The molecule has 3 aromatic rings. The number of hydrogen-bond acceptors (Lipinski definition) is 4. The SMILES string of the molecule is CNS(=O)(=O)c1cnc(Cc2cccc(C(F)(F)F)c2)c(-c2cn(C)cn2)c1. The highest BCUT2D eigenvalue weighted by molar-refractivity contribution is 7.89. The lowest BCUT2D eigenvalue weighted by molar-refractivity contribution is -0.137. The lowest BCUT2D eigenvalue weighted by atomic mass is 10.0. The molecule has 0 bridgehead atoms. The van der Waals surface area contributed by atoms with E-state index < -0.39 is 21.8 Å². The summed E-state index contributed by atoms with van der Waals surface area (Å²) in [7, 11) is -0.695. The highest BCUT2D eigenvalue weighted by Gasteiger charge is 2.30. The number of nitrogens with one attached hydrogen (secondary N) is 1. The van der Waals surface area contributed by atoms with E-state index in [2.05, 4.69) is 14.7 Å². The fraction of sp³-hybridized carbons (Fsp3) is 0.222. The van der Waals surface area contributed by atoms with E-state index in [0.29, 0.717) is 22.5 Å². The van der Waals surface area contributed by atoms with Gasteiger partial charge in [-0.1, -0.05) is 18.2 Å². The molecule has 2 aromatic heterocycles. The molecule has 6 nitrogen and oxygen atoms in total. The van der Waals surface area contributed by atoms with Crippen LogP contribution in [0.2, 0.25) is 0 Å². The molecule has 1 N–H and O–H groups in total. The van der Waals surface area contributed by atoms with Crippen molar-refractivity contribution in [2.75, 3.05) is 7.05 Å². The van der Waals surface area contributed by atoms with Crippen LogP contribution in [0.5, 0.6) is 0 Å². The number of imidazole rings is 1. The minimum absolute atomic E-state index is 0.0524. The Labute approximate surface area is 160 Å². The van der Waals surface area contributed by atoms with E-state index in [9.17, 15) is 21.6 Å². The number of alkyl halides is 3. The van der Waals surface area contributed by atoms with Crippen LogP contribution in [0.3, 0.4) is 0 Å². The minimum atomic E-state index is -4.45. The summed E-state index contributed by atoms with van der Waals surface area (Å²) >= 11 is 0. The van der Waals surface area contributed by atoms with Gasteiger partial charge in [-0.2, -0.15) is 13.2 Å². The monoisotopic (exact) mass is 410 g/mol. The van der Waals surface area contributed by atoms with Crippen LogP contribution in [0, 0.1) is 0 Å². The average molecular weight is 410 g/mol. The number of pyridine rings is 1. The maximum Gasteiger partial charge on any atom is 0.416 e. The molecular weight excluding hydrogens is 393 g/mol. The molecule has 3 rings (SSSR count). The second-order valence-electron chi connectivity index (χ2n) is 6.17. The fourth-order valence-corrected chi connectivity index (χ4v) is 3.40. The molecule has 10 heteroatoms. The Morgan fingerprint density at radius 2 is 1.93 bits per heavy atom. The first-order valence-corrected chi connectivity index (χ1v) is 9.65. The second-order valence-corrected chi connectivity index (χ2v) is 8.06. The van der Waals surface area contributed by atoms with Gasteiger partial charge in [-0.05, 0) is 24.7 Å². The van der Waals surface area contributed by atoms with Crippen molar-refractivity contribution in [2.24, 2.45) is 7.05 Å². The van der Waals surface area contributed by atoms with Gasteiger partial charge in [0.2, 0.25) is 10.0 Å². The first-order chi connectivity index (χ1) is 13.1. The van der Waals surface area contributed by atoms with Crippen LogP contribution in [0.1, 0.15) is 16.8 Å².